The van der Waals surface area contributed by atoms with E-state index < -0.39 is 12.2 Å². The van der Waals surface area contributed by atoms with Crippen LogP contribution in [-0.2, 0) is 4.74 Å². The molecule has 13 heavy (non-hydrogen) atoms. The lowest BCUT2D eigenvalue weighted by Gasteiger charge is -2.35. The van der Waals surface area contributed by atoms with Gasteiger partial charge in [0.1, 0.15) is 6.10 Å². The Labute approximate surface area is 79.7 Å². The van der Waals surface area contributed by atoms with E-state index >= 15 is 0 Å². The molecular formula is C10H19O3. The van der Waals surface area contributed by atoms with Crippen LogP contribution in [0.25, 0.3) is 0 Å². The van der Waals surface area contributed by atoms with Crippen LogP contribution < -0.4 is 0 Å². The summed E-state index contributed by atoms with van der Waals surface area (Å²) in [5, 5.41) is 19.0. The van der Waals surface area contributed by atoms with Gasteiger partial charge in [0.25, 0.3) is 0 Å². The summed E-state index contributed by atoms with van der Waals surface area (Å²) in [5.74, 6) is 0. The zero-order valence-corrected chi connectivity index (χ0v) is 8.53. The zero-order valence-electron chi connectivity index (χ0n) is 8.53. The number of rotatable bonds is 1. The molecule has 0 spiro atoms. The summed E-state index contributed by atoms with van der Waals surface area (Å²) >= 11 is 0. The first-order valence-corrected chi connectivity index (χ1v) is 4.73. The Morgan fingerprint density at radius 3 is 2.54 bits per heavy atom. The van der Waals surface area contributed by atoms with Crippen LogP contribution >= 0.6 is 0 Å². The van der Waals surface area contributed by atoms with E-state index in [9.17, 15) is 10.2 Å². The molecule has 0 unspecified atom stereocenters. The lowest BCUT2D eigenvalue weighted by atomic mass is 9.85. The van der Waals surface area contributed by atoms with Crippen LogP contribution in [0.15, 0.2) is 0 Å². The normalized spacial score (nSPS) is 36.2. The fourth-order valence-corrected chi connectivity index (χ4v) is 1.52. The molecule has 1 radical (unpaired) electrons. The Morgan fingerprint density at radius 2 is 2.00 bits per heavy atom. The summed E-state index contributed by atoms with van der Waals surface area (Å²) < 4.78 is 5.30. The molecule has 3 nitrogen and oxygen atoms in total. The average molecular weight is 187 g/mol. The molecule has 0 bridgehead atoms. The highest BCUT2D eigenvalue weighted by atomic mass is 16.5. The van der Waals surface area contributed by atoms with Crippen molar-refractivity contribution in [3.63, 3.8) is 0 Å². The quantitative estimate of drug-likeness (QED) is 0.646. The topological polar surface area (TPSA) is 49.7 Å². The Balaban J connectivity index is 2.49. The lowest BCUT2D eigenvalue weighted by molar-refractivity contribution is -0.121. The maximum atomic E-state index is 9.61. The maximum absolute atomic E-state index is 9.61. The van der Waals surface area contributed by atoms with E-state index in [4.69, 9.17) is 4.74 Å². The molecule has 0 aromatic rings. The molecule has 0 saturated carbocycles. The number of ether oxygens (including phenoxy) is 1. The summed E-state index contributed by atoms with van der Waals surface area (Å²) in [6.45, 7) is 7.85. The van der Waals surface area contributed by atoms with Crippen LogP contribution in [-0.4, -0.2) is 28.5 Å². The van der Waals surface area contributed by atoms with E-state index in [1.807, 2.05) is 0 Å². The van der Waals surface area contributed by atoms with Gasteiger partial charge in [-0.15, -0.1) is 0 Å². The van der Waals surface area contributed by atoms with Gasteiger partial charge in [-0.2, -0.15) is 0 Å². The Hall–Kier alpha value is -0.120. The molecule has 3 heteroatoms. The van der Waals surface area contributed by atoms with E-state index in [1.165, 1.54) is 0 Å². The van der Waals surface area contributed by atoms with Crippen molar-refractivity contribution in [3.05, 3.63) is 6.61 Å². The van der Waals surface area contributed by atoms with Crippen LogP contribution in [0.2, 0.25) is 0 Å². The van der Waals surface area contributed by atoms with E-state index in [2.05, 4.69) is 20.8 Å². The molecule has 0 amide bonds. The molecule has 1 aliphatic heterocycles. The lowest BCUT2D eigenvalue weighted by Crippen LogP contribution is -2.44. The van der Waals surface area contributed by atoms with Crippen molar-refractivity contribution in [1.29, 1.82) is 0 Å². The second-order valence-corrected chi connectivity index (χ2v) is 4.90. The molecule has 1 saturated heterocycles. The molecule has 2 N–H and O–H groups in total. The summed E-state index contributed by atoms with van der Waals surface area (Å²) in [6, 6.07) is 0. The fourth-order valence-electron chi connectivity index (χ4n) is 1.52. The number of aliphatic hydroxyl groups excluding tert-OH is 2. The third-order valence-corrected chi connectivity index (χ3v) is 2.20. The van der Waals surface area contributed by atoms with Gasteiger partial charge >= 0.3 is 0 Å². The highest BCUT2D eigenvalue weighted by Crippen LogP contribution is 2.28. The maximum Gasteiger partial charge on any atom is 0.106 e. The Kier molecular flexibility index (Phi) is 3.33. The molecule has 0 aromatic carbocycles. The second kappa shape index (κ2) is 3.95. The molecule has 1 fully saturated rings. The average Bonchev–Trinajstić information content (AvgIpc) is 1.96. The van der Waals surface area contributed by atoms with Gasteiger partial charge in [0.2, 0.25) is 0 Å². The van der Waals surface area contributed by atoms with E-state index in [0.29, 0.717) is 6.42 Å². The molecule has 1 heterocycles. The van der Waals surface area contributed by atoms with Gasteiger partial charge in [-0.25, -0.2) is 0 Å². The molecular weight excluding hydrogens is 168 g/mol. The summed E-state index contributed by atoms with van der Waals surface area (Å²) in [6.07, 6.45) is -0.502. The second-order valence-electron chi connectivity index (χ2n) is 4.90. The minimum Gasteiger partial charge on any atom is -0.390 e. The van der Waals surface area contributed by atoms with Crippen LogP contribution in [0, 0.1) is 12.0 Å². The first kappa shape index (κ1) is 11.0. The molecule has 1 aliphatic rings. The van der Waals surface area contributed by atoms with Gasteiger partial charge in [-0.3, -0.25) is 0 Å². The van der Waals surface area contributed by atoms with Gasteiger partial charge in [-0.1, -0.05) is 20.8 Å². The smallest absolute Gasteiger partial charge is 0.106 e. The first-order valence-electron chi connectivity index (χ1n) is 4.73. The summed E-state index contributed by atoms with van der Waals surface area (Å²) in [4.78, 5) is 0. The van der Waals surface area contributed by atoms with Gasteiger partial charge in [0.05, 0.1) is 18.8 Å². The molecule has 3 atom stereocenters. The predicted octanol–water partition coefficient (Wildman–Crippen LogP) is 1.10. The van der Waals surface area contributed by atoms with Crippen molar-refractivity contribution in [3.8, 4) is 0 Å². The van der Waals surface area contributed by atoms with Gasteiger partial charge < -0.3 is 14.9 Å². The SMILES string of the molecule is CC(C)(C)C[C@H]1O[CH]C[C@@H](O)[C@H]1O. The first-order chi connectivity index (χ1) is 5.90. The monoisotopic (exact) mass is 187 g/mol. The van der Waals surface area contributed by atoms with Crippen molar-refractivity contribution < 1.29 is 14.9 Å². The molecule has 0 aromatic heterocycles. The van der Waals surface area contributed by atoms with E-state index in [-0.39, 0.29) is 11.5 Å². The van der Waals surface area contributed by atoms with Gasteiger partial charge in [0, 0.05) is 6.42 Å². The highest BCUT2D eigenvalue weighted by molar-refractivity contribution is 4.87. The molecule has 0 aliphatic carbocycles. The van der Waals surface area contributed by atoms with E-state index in [0.717, 1.165) is 6.42 Å². The third-order valence-electron chi connectivity index (χ3n) is 2.20. The van der Waals surface area contributed by atoms with E-state index in [1.54, 1.807) is 6.61 Å². The van der Waals surface area contributed by atoms with Crippen molar-refractivity contribution >= 4 is 0 Å². The summed E-state index contributed by atoms with van der Waals surface area (Å²) in [5.41, 5.74) is 0.108. The van der Waals surface area contributed by atoms with Crippen LogP contribution in [0.3, 0.4) is 0 Å². The molecule has 77 valence electrons. The van der Waals surface area contributed by atoms with Crippen molar-refractivity contribution in [2.24, 2.45) is 5.41 Å². The minimum atomic E-state index is -0.746. The van der Waals surface area contributed by atoms with Crippen molar-refractivity contribution in [2.45, 2.75) is 51.9 Å². The van der Waals surface area contributed by atoms with Crippen LogP contribution in [0.1, 0.15) is 33.6 Å². The van der Waals surface area contributed by atoms with Crippen LogP contribution in [0.5, 0.6) is 0 Å². The Morgan fingerprint density at radius 1 is 1.38 bits per heavy atom. The molecule has 1 rings (SSSR count). The number of hydrogen-bond acceptors (Lipinski definition) is 3. The minimum absolute atomic E-state index is 0.108. The third kappa shape index (κ3) is 3.25. The Bertz CT molecular complexity index is 162. The predicted molar refractivity (Wildman–Crippen MR) is 49.9 cm³/mol. The van der Waals surface area contributed by atoms with Gasteiger partial charge in [0.15, 0.2) is 0 Å². The van der Waals surface area contributed by atoms with Crippen LogP contribution in [0.4, 0.5) is 0 Å². The number of aliphatic hydroxyl groups is 2. The summed E-state index contributed by atoms with van der Waals surface area (Å²) in [7, 11) is 0. The largest absolute Gasteiger partial charge is 0.390 e. The standard InChI is InChI=1S/C10H19O3/c1-10(2,3)6-8-9(12)7(11)4-5-13-8/h5,7-9,11-12H,4,6H2,1-3H3/t7-,8-,9-/m1/s1. The highest BCUT2D eigenvalue weighted by Gasteiger charge is 2.34. The van der Waals surface area contributed by atoms with Gasteiger partial charge in [-0.05, 0) is 11.8 Å². The fraction of sp³-hybridized carbons (Fsp3) is 0.900. The van der Waals surface area contributed by atoms with Crippen molar-refractivity contribution in [2.75, 3.05) is 0 Å². The number of hydrogen-bond donors (Lipinski definition) is 2. The zero-order chi connectivity index (χ0) is 10.1. The van der Waals surface area contributed by atoms with Crippen molar-refractivity contribution in [1.82, 2.24) is 0 Å².